The maximum Gasteiger partial charge on any atom is 0.266 e. The second kappa shape index (κ2) is 6.00. The molecule has 3 heterocycles. The Balaban J connectivity index is 1.98. The van der Waals surface area contributed by atoms with E-state index in [2.05, 4.69) is 15.1 Å². The lowest BCUT2D eigenvalue weighted by molar-refractivity contribution is 0.902. The van der Waals surface area contributed by atoms with Gasteiger partial charge < -0.3 is 0 Å². The quantitative estimate of drug-likeness (QED) is 0.531. The number of fused-ring (bicyclic) bond motifs is 3. The van der Waals surface area contributed by atoms with Gasteiger partial charge in [-0.25, -0.2) is 4.98 Å². The Morgan fingerprint density at radius 1 is 1.20 bits per heavy atom. The summed E-state index contributed by atoms with van der Waals surface area (Å²) in [5.41, 5.74) is 3.64. The van der Waals surface area contributed by atoms with E-state index in [0.717, 1.165) is 22.6 Å². The highest BCUT2D eigenvalue weighted by atomic mass is 32.2. The smallest absolute Gasteiger partial charge is 0.266 e. The van der Waals surface area contributed by atoms with Gasteiger partial charge in [-0.2, -0.15) is 9.50 Å². The minimum absolute atomic E-state index is 0.110. The molecule has 0 aliphatic heterocycles. The van der Waals surface area contributed by atoms with Crippen LogP contribution in [0.1, 0.15) is 18.1 Å². The summed E-state index contributed by atoms with van der Waals surface area (Å²) in [6, 6.07) is 7.97. The zero-order valence-electron chi connectivity index (χ0n) is 14.2. The lowest BCUT2D eigenvalue weighted by Crippen LogP contribution is -2.19. The maximum absolute atomic E-state index is 13.0. The molecule has 1 aromatic carbocycles. The van der Waals surface area contributed by atoms with Crippen LogP contribution in [0.5, 0.6) is 0 Å². The minimum Gasteiger partial charge on any atom is -0.283 e. The number of nitrogens with zero attached hydrogens (tertiary/aromatic N) is 5. The molecular formula is C18H17N5OS. The van der Waals surface area contributed by atoms with Crippen LogP contribution in [0.4, 0.5) is 0 Å². The largest absolute Gasteiger partial charge is 0.283 e. The van der Waals surface area contributed by atoms with Crippen LogP contribution in [0.2, 0.25) is 0 Å². The lowest BCUT2D eigenvalue weighted by Gasteiger charge is -2.11. The van der Waals surface area contributed by atoms with Gasteiger partial charge in [-0.05, 0) is 42.9 Å². The van der Waals surface area contributed by atoms with E-state index in [1.54, 1.807) is 33.2 Å². The zero-order valence-corrected chi connectivity index (χ0v) is 15.0. The van der Waals surface area contributed by atoms with E-state index in [9.17, 15) is 4.79 Å². The van der Waals surface area contributed by atoms with Crippen LogP contribution in [0.3, 0.4) is 0 Å². The summed E-state index contributed by atoms with van der Waals surface area (Å²) in [5, 5.41) is 5.65. The monoisotopic (exact) mass is 351 g/mol. The fourth-order valence-electron chi connectivity index (χ4n) is 2.86. The predicted octanol–water partition coefficient (Wildman–Crippen LogP) is 3.16. The number of thioether (sulfide) groups is 1. The zero-order chi connectivity index (χ0) is 17.6. The first kappa shape index (κ1) is 15.8. The molecule has 0 aliphatic rings. The van der Waals surface area contributed by atoms with Crippen LogP contribution >= 0.6 is 11.8 Å². The summed E-state index contributed by atoms with van der Waals surface area (Å²) in [6.07, 6.45) is 3.38. The highest BCUT2D eigenvalue weighted by molar-refractivity contribution is 7.99. The van der Waals surface area contributed by atoms with Crippen LogP contribution < -0.4 is 5.56 Å². The first-order valence-corrected chi connectivity index (χ1v) is 9.04. The van der Waals surface area contributed by atoms with Gasteiger partial charge in [-0.15, -0.1) is 5.10 Å². The van der Waals surface area contributed by atoms with Gasteiger partial charge in [-0.1, -0.05) is 30.8 Å². The third-order valence-electron chi connectivity index (χ3n) is 4.11. The van der Waals surface area contributed by atoms with Gasteiger partial charge in [0.05, 0.1) is 16.6 Å². The molecule has 0 spiro atoms. The van der Waals surface area contributed by atoms with Gasteiger partial charge in [0.25, 0.3) is 11.3 Å². The average Bonchev–Trinajstić information content (AvgIpc) is 3.01. The third-order valence-corrected chi connectivity index (χ3v) is 4.83. The van der Waals surface area contributed by atoms with Crippen molar-refractivity contribution >= 4 is 28.4 Å². The number of rotatable bonds is 3. The van der Waals surface area contributed by atoms with Crippen molar-refractivity contribution in [2.24, 2.45) is 0 Å². The third kappa shape index (κ3) is 2.60. The maximum atomic E-state index is 13.0. The first-order valence-electron chi connectivity index (χ1n) is 8.06. The Kier molecular flexibility index (Phi) is 3.80. The highest BCUT2D eigenvalue weighted by Gasteiger charge is 2.13. The molecule has 25 heavy (non-hydrogen) atoms. The summed E-state index contributed by atoms with van der Waals surface area (Å²) in [7, 11) is 0. The van der Waals surface area contributed by atoms with Crippen LogP contribution in [-0.4, -0.2) is 29.9 Å². The van der Waals surface area contributed by atoms with Crippen molar-refractivity contribution in [1.82, 2.24) is 24.1 Å². The van der Waals surface area contributed by atoms with E-state index >= 15 is 0 Å². The van der Waals surface area contributed by atoms with Crippen molar-refractivity contribution in [3.8, 4) is 5.69 Å². The number of benzene rings is 1. The first-order chi connectivity index (χ1) is 12.1. The van der Waals surface area contributed by atoms with Crippen LogP contribution in [0, 0.1) is 13.8 Å². The van der Waals surface area contributed by atoms with Crippen molar-refractivity contribution in [2.75, 3.05) is 5.75 Å². The molecule has 126 valence electrons. The normalized spacial score (nSPS) is 11.5. The molecule has 0 fully saturated rings. The number of aromatic nitrogens is 5. The Hall–Kier alpha value is -2.67. The predicted molar refractivity (Wildman–Crippen MR) is 99.8 cm³/mol. The number of hydrogen-bond acceptors (Lipinski definition) is 5. The van der Waals surface area contributed by atoms with Crippen molar-refractivity contribution in [3.05, 3.63) is 58.1 Å². The summed E-state index contributed by atoms with van der Waals surface area (Å²) in [4.78, 5) is 21.7. The molecule has 4 aromatic rings. The van der Waals surface area contributed by atoms with Crippen molar-refractivity contribution in [1.29, 1.82) is 0 Å². The van der Waals surface area contributed by atoms with Gasteiger partial charge in [0, 0.05) is 12.4 Å². The Morgan fingerprint density at radius 3 is 2.84 bits per heavy atom. The van der Waals surface area contributed by atoms with E-state index in [4.69, 9.17) is 0 Å². The molecule has 4 rings (SSSR count). The van der Waals surface area contributed by atoms with Crippen molar-refractivity contribution in [3.63, 3.8) is 0 Å². The minimum atomic E-state index is -0.110. The molecule has 0 unspecified atom stereocenters. The molecule has 0 N–H and O–H groups in total. The molecule has 0 saturated heterocycles. The SMILES string of the molecule is CCSc1nc2ncc3c(=O)n(-c4cc(C)ccc4C)ccc3n2n1. The van der Waals surface area contributed by atoms with Crippen LogP contribution in [-0.2, 0) is 0 Å². The molecule has 0 bridgehead atoms. The standard InChI is InChI=1S/C18H17N5OS/c1-4-25-18-20-17-19-10-13-14(23(17)21-18)7-8-22(16(13)24)15-9-11(2)5-6-12(15)3/h5-10H,4H2,1-3H3. The summed E-state index contributed by atoms with van der Waals surface area (Å²) in [6.45, 7) is 6.06. The van der Waals surface area contributed by atoms with Gasteiger partial charge in [0.2, 0.25) is 5.16 Å². The Labute approximate surface area is 148 Å². The van der Waals surface area contributed by atoms with Crippen molar-refractivity contribution < 1.29 is 0 Å². The fourth-order valence-corrected chi connectivity index (χ4v) is 3.40. The average molecular weight is 351 g/mol. The van der Waals surface area contributed by atoms with Crippen LogP contribution in [0.25, 0.3) is 22.4 Å². The number of hydrogen-bond donors (Lipinski definition) is 0. The van der Waals surface area contributed by atoms with Gasteiger partial charge in [-0.3, -0.25) is 9.36 Å². The molecule has 6 nitrogen and oxygen atoms in total. The molecule has 7 heteroatoms. The molecule has 0 aliphatic carbocycles. The topological polar surface area (TPSA) is 65.1 Å². The van der Waals surface area contributed by atoms with E-state index in [1.165, 1.54) is 0 Å². The number of aryl methyl sites for hydroxylation is 2. The van der Waals surface area contributed by atoms with E-state index in [0.29, 0.717) is 21.8 Å². The summed E-state index contributed by atoms with van der Waals surface area (Å²) >= 11 is 1.55. The van der Waals surface area contributed by atoms with E-state index in [-0.39, 0.29) is 5.56 Å². The highest BCUT2D eigenvalue weighted by Crippen LogP contribution is 2.19. The summed E-state index contributed by atoms with van der Waals surface area (Å²) < 4.78 is 3.30. The second-order valence-corrected chi connectivity index (χ2v) is 7.11. The summed E-state index contributed by atoms with van der Waals surface area (Å²) in [5.74, 6) is 1.39. The van der Waals surface area contributed by atoms with Crippen molar-refractivity contribution in [2.45, 2.75) is 25.9 Å². The Morgan fingerprint density at radius 2 is 2.04 bits per heavy atom. The Bertz CT molecular complexity index is 1160. The molecule has 0 amide bonds. The van der Waals surface area contributed by atoms with Gasteiger partial charge >= 0.3 is 0 Å². The molecule has 3 aromatic heterocycles. The molecule has 0 atom stereocenters. The van der Waals surface area contributed by atoms with E-state index in [1.807, 2.05) is 45.0 Å². The van der Waals surface area contributed by atoms with Gasteiger partial charge in [0.1, 0.15) is 0 Å². The fraction of sp³-hybridized carbons (Fsp3) is 0.222. The van der Waals surface area contributed by atoms with Crippen LogP contribution in [0.15, 0.2) is 46.6 Å². The molecular weight excluding hydrogens is 334 g/mol. The van der Waals surface area contributed by atoms with E-state index < -0.39 is 0 Å². The van der Waals surface area contributed by atoms with Gasteiger partial charge in [0.15, 0.2) is 0 Å². The molecule has 0 saturated carbocycles. The number of pyridine rings is 1. The molecule has 0 radical (unpaired) electrons. The second-order valence-electron chi connectivity index (χ2n) is 5.88. The lowest BCUT2D eigenvalue weighted by atomic mass is 10.1.